The second kappa shape index (κ2) is 9.79. The first kappa shape index (κ1) is 14.2. The minimum absolute atomic E-state index is 0.0780. The van der Waals surface area contributed by atoms with Crippen LogP contribution in [-0.4, -0.2) is 37.3 Å². The minimum atomic E-state index is -0.375. The maximum atomic E-state index is 11.1. The number of primary amides is 1. The van der Waals surface area contributed by atoms with Crippen molar-refractivity contribution in [3.05, 3.63) is 0 Å². The zero-order valence-electron chi connectivity index (χ0n) is 8.70. The van der Waals surface area contributed by atoms with Crippen LogP contribution < -0.4 is 11.1 Å². The second-order valence-corrected chi connectivity index (χ2v) is 3.45. The molecule has 0 aliphatic heterocycles. The van der Waals surface area contributed by atoms with Crippen LogP contribution in [0.2, 0.25) is 0 Å². The first-order valence-corrected chi connectivity index (χ1v) is 5.53. The average Bonchev–Trinajstić information content (AvgIpc) is 2.17. The number of ether oxygens (including phenoxy) is 1. The Bertz CT molecular complexity index is 200. The molecule has 0 radical (unpaired) electrons. The largest absolute Gasteiger partial charge is 0.379 e. The van der Waals surface area contributed by atoms with Gasteiger partial charge in [-0.3, -0.25) is 9.59 Å². The molecule has 0 atom stereocenters. The van der Waals surface area contributed by atoms with Gasteiger partial charge in [0, 0.05) is 25.1 Å². The zero-order chi connectivity index (χ0) is 11.5. The molecule has 0 heterocycles. The van der Waals surface area contributed by atoms with E-state index in [2.05, 4.69) is 17.9 Å². The summed E-state index contributed by atoms with van der Waals surface area (Å²) in [6.45, 7) is 1.56. The summed E-state index contributed by atoms with van der Waals surface area (Å²) >= 11 is 3.97. The van der Waals surface area contributed by atoms with E-state index in [1.165, 1.54) is 0 Å². The van der Waals surface area contributed by atoms with Crippen molar-refractivity contribution in [1.29, 1.82) is 0 Å². The van der Waals surface area contributed by atoms with E-state index in [1.807, 2.05) is 0 Å². The number of carbonyl (C=O) groups is 2. The Morgan fingerprint density at radius 1 is 1.27 bits per heavy atom. The highest BCUT2D eigenvalue weighted by molar-refractivity contribution is 7.80. The summed E-state index contributed by atoms with van der Waals surface area (Å²) in [6.07, 6.45) is 1.08. The number of nitrogens with one attached hydrogen (secondary N) is 1. The van der Waals surface area contributed by atoms with Crippen LogP contribution in [0.25, 0.3) is 0 Å². The van der Waals surface area contributed by atoms with E-state index >= 15 is 0 Å². The van der Waals surface area contributed by atoms with E-state index < -0.39 is 0 Å². The molecule has 88 valence electrons. The van der Waals surface area contributed by atoms with Crippen molar-refractivity contribution in [1.82, 2.24) is 5.32 Å². The molecule has 5 nitrogen and oxygen atoms in total. The predicted molar refractivity (Wildman–Crippen MR) is 60.7 cm³/mol. The predicted octanol–water partition coefficient (Wildman–Crippen LogP) is -0.295. The molecular weight excluding hydrogens is 216 g/mol. The Kier molecular flexibility index (Phi) is 9.30. The molecule has 0 fully saturated rings. The third kappa shape index (κ3) is 11.2. The van der Waals surface area contributed by atoms with Crippen molar-refractivity contribution < 1.29 is 14.3 Å². The Morgan fingerprint density at radius 3 is 2.60 bits per heavy atom. The van der Waals surface area contributed by atoms with Crippen LogP contribution in [0.15, 0.2) is 0 Å². The van der Waals surface area contributed by atoms with Crippen LogP contribution in [0, 0.1) is 0 Å². The number of hydrogen-bond acceptors (Lipinski definition) is 4. The van der Waals surface area contributed by atoms with Crippen LogP contribution in [-0.2, 0) is 14.3 Å². The molecule has 0 bridgehead atoms. The van der Waals surface area contributed by atoms with E-state index in [9.17, 15) is 9.59 Å². The summed E-state index contributed by atoms with van der Waals surface area (Å²) in [5, 5.41) is 2.67. The molecule has 0 rings (SSSR count). The van der Waals surface area contributed by atoms with Crippen molar-refractivity contribution in [2.24, 2.45) is 5.73 Å². The molecule has 3 N–H and O–H groups in total. The maximum Gasteiger partial charge on any atom is 0.220 e. The summed E-state index contributed by atoms with van der Waals surface area (Å²) in [6, 6.07) is 0. The fraction of sp³-hybridized carbons (Fsp3) is 0.778. The van der Waals surface area contributed by atoms with E-state index in [1.54, 1.807) is 0 Å². The zero-order valence-corrected chi connectivity index (χ0v) is 9.59. The highest BCUT2D eigenvalue weighted by atomic mass is 32.1. The highest BCUT2D eigenvalue weighted by Crippen LogP contribution is 1.93. The molecule has 2 amide bonds. The smallest absolute Gasteiger partial charge is 0.220 e. The molecule has 0 aromatic heterocycles. The van der Waals surface area contributed by atoms with Gasteiger partial charge in [0.15, 0.2) is 0 Å². The minimum Gasteiger partial charge on any atom is -0.379 e. The van der Waals surface area contributed by atoms with Gasteiger partial charge in [-0.05, 0) is 6.42 Å². The topological polar surface area (TPSA) is 81.4 Å². The van der Waals surface area contributed by atoms with E-state index in [4.69, 9.17) is 10.5 Å². The van der Waals surface area contributed by atoms with Gasteiger partial charge in [0.25, 0.3) is 0 Å². The van der Waals surface area contributed by atoms with Crippen LogP contribution >= 0.6 is 12.6 Å². The fourth-order valence-corrected chi connectivity index (χ4v) is 1.07. The van der Waals surface area contributed by atoms with Crippen LogP contribution in [0.1, 0.15) is 19.3 Å². The molecule has 0 aliphatic carbocycles. The van der Waals surface area contributed by atoms with Crippen molar-refractivity contribution in [3.8, 4) is 0 Å². The molecular formula is C9H18N2O3S. The quantitative estimate of drug-likeness (QED) is 0.378. The lowest BCUT2D eigenvalue weighted by molar-refractivity contribution is -0.121. The molecule has 15 heavy (non-hydrogen) atoms. The van der Waals surface area contributed by atoms with E-state index in [-0.39, 0.29) is 18.2 Å². The molecule has 0 spiro atoms. The first-order valence-electron chi connectivity index (χ1n) is 4.90. The standard InChI is InChI=1S/C9H18N2O3S/c10-8(12)2-1-3-9(13)11-4-5-14-6-7-15/h15H,1-7H2,(H2,10,12)(H,11,13). The molecule has 6 heteroatoms. The van der Waals surface area contributed by atoms with Gasteiger partial charge in [-0.15, -0.1) is 0 Å². The normalized spacial score (nSPS) is 9.93. The van der Waals surface area contributed by atoms with Gasteiger partial charge >= 0.3 is 0 Å². The highest BCUT2D eigenvalue weighted by Gasteiger charge is 2.01. The van der Waals surface area contributed by atoms with Gasteiger partial charge < -0.3 is 15.8 Å². The van der Waals surface area contributed by atoms with Crippen molar-refractivity contribution in [2.75, 3.05) is 25.5 Å². The third-order valence-corrected chi connectivity index (χ3v) is 1.81. The van der Waals surface area contributed by atoms with Crippen molar-refractivity contribution >= 4 is 24.4 Å². The summed E-state index contributed by atoms with van der Waals surface area (Å²) in [5.41, 5.74) is 4.94. The van der Waals surface area contributed by atoms with Crippen molar-refractivity contribution in [3.63, 3.8) is 0 Å². The SMILES string of the molecule is NC(=O)CCCC(=O)NCCOCCS. The lowest BCUT2D eigenvalue weighted by Gasteiger charge is -2.04. The first-order chi connectivity index (χ1) is 7.16. The Labute approximate surface area is 95.1 Å². The Hall–Kier alpha value is -0.750. The summed E-state index contributed by atoms with van der Waals surface area (Å²) in [7, 11) is 0. The molecule has 0 saturated carbocycles. The van der Waals surface area contributed by atoms with Crippen LogP contribution in [0.4, 0.5) is 0 Å². The second-order valence-electron chi connectivity index (χ2n) is 3.01. The lowest BCUT2D eigenvalue weighted by atomic mass is 10.2. The van der Waals surface area contributed by atoms with Crippen molar-refractivity contribution in [2.45, 2.75) is 19.3 Å². The third-order valence-electron chi connectivity index (χ3n) is 1.63. The molecule has 0 unspecified atom stereocenters. The number of nitrogens with two attached hydrogens (primary N) is 1. The summed E-state index contributed by atoms with van der Waals surface area (Å²) in [5.74, 6) is 0.220. The van der Waals surface area contributed by atoms with Gasteiger partial charge in [0.05, 0.1) is 13.2 Å². The van der Waals surface area contributed by atoms with Gasteiger partial charge in [0.1, 0.15) is 0 Å². The lowest BCUT2D eigenvalue weighted by Crippen LogP contribution is -2.27. The molecule has 0 aromatic rings. The number of carbonyl (C=O) groups excluding carboxylic acids is 2. The van der Waals surface area contributed by atoms with Gasteiger partial charge in [-0.25, -0.2) is 0 Å². The summed E-state index contributed by atoms with van der Waals surface area (Å²) < 4.78 is 5.11. The number of rotatable bonds is 9. The van der Waals surface area contributed by atoms with E-state index in [0.717, 1.165) is 0 Å². The monoisotopic (exact) mass is 234 g/mol. The average molecular weight is 234 g/mol. The molecule has 0 aliphatic rings. The van der Waals surface area contributed by atoms with Gasteiger partial charge in [-0.1, -0.05) is 0 Å². The van der Waals surface area contributed by atoms with Crippen LogP contribution in [0.3, 0.4) is 0 Å². The van der Waals surface area contributed by atoms with E-state index in [0.29, 0.717) is 38.4 Å². The molecule has 0 saturated heterocycles. The van der Waals surface area contributed by atoms with Crippen LogP contribution in [0.5, 0.6) is 0 Å². The maximum absolute atomic E-state index is 11.1. The van der Waals surface area contributed by atoms with Gasteiger partial charge in [-0.2, -0.15) is 12.6 Å². The number of thiol groups is 1. The number of hydrogen-bond donors (Lipinski definition) is 3. The fourth-order valence-electron chi connectivity index (χ4n) is 0.941. The summed E-state index contributed by atoms with van der Waals surface area (Å²) in [4.78, 5) is 21.5. The Balaban J connectivity index is 3.22. The van der Waals surface area contributed by atoms with Gasteiger partial charge in [0.2, 0.25) is 11.8 Å². The molecule has 0 aromatic carbocycles. The number of amides is 2. The Morgan fingerprint density at radius 2 is 2.00 bits per heavy atom.